The van der Waals surface area contributed by atoms with E-state index in [-0.39, 0.29) is 17.3 Å². The molecule has 0 aliphatic heterocycles. The molecule has 74 valence electrons. The van der Waals surface area contributed by atoms with E-state index >= 15 is 0 Å². The van der Waals surface area contributed by atoms with E-state index in [1.54, 1.807) is 0 Å². The molecule has 0 heterocycles. The van der Waals surface area contributed by atoms with Crippen molar-refractivity contribution in [3.8, 4) is 0 Å². The standard InChI is InChI=1S/C10H15ClO2/c1-6(5-11)4-7-8(9(12)13)10(7,2)3/h4,7-8H,5H2,1-3H3,(H,12,13)/b6-4+. The van der Waals surface area contributed by atoms with Gasteiger partial charge < -0.3 is 5.11 Å². The second-order valence-electron chi connectivity index (χ2n) is 4.31. The number of rotatable bonds is 3. The van der Waals surface area contributed by atoms with Gasteiger partial charge in [0.2, 0.25) is 0 Å². The summed E-state index contributed by atoms with van der Waals surface area (Å²) in [6.45, 7) is 5.89. The molecule has 1 fully saturated rings. The average Bonchev–Trinajstić information content (AvgIpc) is 2.53. The van der Waals surface area contributed by atoms with E-state index in [2.05, 4.69) is 0 Å². The SMILES string of the molecule is C/C(=C\C1C(C(=O)O)C1(C)C)CCl. The summed E-state index contributed by atoms with van der Waals surface area (Å²) in [6.07, 6.45) is 1.99. The molecule has 0 radical (unpaired) electrons. The van der Waals surface area contributed by atoms with Crippen molar-refractivity contribution in [2.75, 3.05) is 5.88 Å². The maximum absolute atomic E-state index is 10.8. The molecule has 0 spiro atoms. The zero-order chi connectivity index (χ0) is 10.2. The quantitative estimate of drug-likeness (QED) is 0.564. The van der Waals surface area contributed by atoms with E-state index in [0.717, 1.165) is 5.57 Å². The maximum Gasteiger partial charge on any atom is 0.307 e. The highest BCUT2D eigenvalue weighted by molar-refractivity contribution is 6.19. The molecule has 1 N–H and O–H groups in total. The van der Waals surface area contributed by atoms with Crippen molar-refractivity contribution >= 4 is 17.6 Å². The molecule has 13 heavy (non-hydrogen) atoms. The van der Waals surface area contributed by atoms with E-state index < -0.39 is 5.97 Å². The van der Waals surface area contributed by atoms with Crippen molar-refractivity contribution in [3.63, 3.8) is 0 Å². The molecule has 2 unspecified atom stereocenters. The summed E-state index contributed by atoms with van der Waals surface area (Å²) in [6, 6.07) is 0. The molecule has 0 bridgehead atoms. The molecule has 0 aromatic rings. The number of halogens is 1. The minimum Gasteiger partial charge on any atom is -0.481 e. The number of alkyl halides is 1. The molecule has 1 aliphatic carbocycles. The van der Waals surface area contributed by atoms with E-state index in [1.165, 1.54) is 0 Å². The van der Waals surface area contributed by atoms with Crippen molar-refractivity contribution in [1.82, 2.24) is 0 Å². The van der Waals surface area contributed by atoms with E-state index in [9.17, 15) is 4.79 Å². The summed E-state index contributed by atoms with van der Waals surface area (Å²) in [4.78, 5) is 10.8. The number of carboxylic acid groups (broad SMARTS) is 1. The van der Waals surface area contributed by atoms with Gasteiger partial charge in [-0.2, -0.15) is 0 Å². The smallest absolute Gasteiger partial charge is 0.307 e. The van der Waals surface area contributed by atoms with Gasteiger partial charge >= 0.3 is 5.97 Å². The fraction of sp³-hybridized carbons (Fsp3) is 0.700. The summed E-state index contributed by atoms with van der Waals surface area (Å²) in [5.74, 6) is -0.290. The molecular formula is C10H15ClO2. The molecule has 0 amide bonds. The monoisotopic (exact) mass is 202 g/mol. The van der Waals surface area contributed by atoms with Gasteiger partial charge in [-0.3, -0.25) is 4.79 Å². The highest BCUT2D eigenvalue weighted by Gasteiger charge is 2.60. The van der Waals surface area contributed by atoms with Crippen LogP contribution in [0.25, 0.3) is 0 Å². The first kappa shape index (κ1) is 10.6. The third kappa shape index (κ3) is 1.88. The summed E-state index contributed by atoms with van der Waals surface area (Å²) < 4.78 is 0. The average molecular weight is 203 g/mol. The number of carboxylic acids is 1. The van der Waals surface area contributed by atoms with Gasteiger partial charge in [0.15, 0.2) is 0 Å². The van der Waals surface area contributed by atoms with Gasteiger partial charge in [0.1, 0.15) is 0 Å². The Morgan fingerprint density at radius 1 is 1.62 bits per heavy atom. The molecule has 0 aromatic heterocycles. The first-order valence-electron chi connectivity index (χ1n) is 4.37. The van der Waals surface area contributed by atoms with Gasteiger partial charge in [-0.05, 0) is 18.3 Å². The molecular weight excluding hydrogens is 188 g/mol. The van der Waals surface area contributed by atoms with Crippen LogP contribution in [0.1, 0.15) is 20.8 Å². The Morgan fingerprint density at radius 3 is 2.46 bits per heavy atom. The summed E-state index contributed by atoms with van der Waals surface area (Å²) in [5, 5.41) is 8.88. The van der Waals surface area contributed by atoms with Crippen molar-refractivity contribution in [1.29, 1.82) is 0 Å². The van der Waals surface area contributed by atoms with Crippen molar-refractivity contribution in [3.05, 3.63) is 11.6 Å². The first-order valence-corrected chi connectivity index (χ1v) is 4.90. The highest BCUT2D eigenvalue weighted by Crippen LogP contribution is 2.59. The Morgan fingerprint density at radius 2 is 2.15 bits per heavy atom. The zero-order valence-corrected chi connectivity index (χ0v) is 8.93. The Balaban J connectivity index is 2.71. The minimum absolute atomic E-state index is 0.0981. The number of carbonyl (C=O) groups is 1. The topological polar surface area (TPSA) is 37.3 Å². The Bertz CT molecular complexity index is 256. The van der Waals surface area contributed by atoms with E-state index in [1.807, 2.05) is 26.8 Å². The molecule has 3 heteroatoms. The fourth-order valence-electron chi connectivity index (χ4n) is 1.81. The molecule has 1 aliphatic rings. The summed E-state index contributed by atoms with van der Waals surface area (Å²) >= 11 is 5.63. The number of aliphatic carboxylic acids is 1. The van der Waals surface area contributed by atoms with Gasteiger partial charge in [0.25, 0.3) is 0 Å². The van der Waals surface area contributed by atoms with E-state index in [0.29, 0.717) is 5.88 Å². The maximum atomic E-state index is 10.8. The van der Waals surface area contributed by atoms with Crippen molar-refractivity contribution < 1.29 is 9.90 Å². The summed E-state index contributed by atoms with van der Waals surface area (Å²) in [7, 11) is 0. The van der Waals surface area contributed by atoms with Crippen LogP contribution in [0.2, 0.25) is 0 Å². The van der Waals surface area contributed by atoms with Crippen LogP contribution in [-0.2, 0) is 4.79 Å². The van der Waals surface area contributed by atoms with Crippen LogP contribution in [0.15, 0.2) is 11.6 Å². The largest absolute Gasteiger partial charge is 0.481 e. The third-order valence-electron chi connectivity index (χ3n) is 2.85. The predicted octanol–water partition coefficient (Wildman–Crippen LogP) is 2.53. The van der Waals surface area contributed by atoms with Gasteiger partial charge in [-0.25, -0.2) is 0 Å². The Labute approximate surface area is 83.6 Å². The lowest BCUT2D eigenvalue weighted by Crippen LogP contribution is -2.03. The van der Waals surface area contributed by atoms with Crippen molar-refractivity contribution in [2.45, 2.75) is 20.8 Å². The summed E-state index contributed by atoms with van der Waals surface area (Å²) in [5.41, 5.74) is 0.961. The number of hydrogen-bond donors (Lipinski definition) is 1. The fourth-order valence-corrected chi connectivity index (χ4v) is 1.90. The van der Waals surface area contributed by atoms with Crippen LogP contribution in [0.5, 0.6) is 0 Å². The van der Waals surface area contributed by atoms with Crippen LogP contribution in [0.3, 0.4) is 0 Å². The third-order valence-corrected chi connectivity index (χ3v) is 3.27. The Kier molecular flexibility index (Phi) is 2.71. The highest BCUT2D eigenvalue weighted by atomic mass is 35.5. The second-order valence-corrected chi connectivity index (χ2v) is 4.58. The van der Waals surface area contributed by atoms with Gasteiger partial charge in [-0.15, -0.1) is 11.6 Å². The van der Waals surface area contributed by atoms with Crippen LogP contribution in [0.4, 0.5) is 0 Å². The molecule has 2 nitrogen and oxygen atoms in total. The minimum atomic E-state index is -0.700. The lowest BCUT2D eigenvalue weighted by molar-refractivity contribution is -0.139. The molecule has 1 rings (SSSR count). The first-order chi connectivity index (χ1) is 5.91. The number of hydrogen-bond acceptors (Lipinski definition) is 1. The van der Waals surface area contributed by atoms with Gasteiger partial charge in [0.05, 0.1) is 5.92 Å². The molecule has 0 saturated heterocycles. The second kappa shape index (κ2) is 3.33. The lowest BCUT2D eigenvalue weighted by Gasteiger charge is -1.97. The lowest BCUT2D eigenvalue weighted by atomic mass is 10.1. The van der Waals surface area contributed by atoms with Crippen molar-refractivity contribution in [2.24, 2.45) is 17.3 Å². The Hall–Kier alpha value is -0.500. The normalized spacial score (nSPS) is 31.5. The van der Waals surface area contributed by atoms with Gasteiger partial charge in [0, 0.05) is 5.88 Å². The molecule has 1 saturated carbocycles. The van der Waals surface area contributed by atoms with Crippen LogP contribution < -0.4 is 0 Å². The van der Waals surface area contributed by atoms with Crippen LogP contribution >= 0.6 is 11.6 Å². The number of allylic oxidation sites excluding steroid dienone is 2. The van der Waals surface area contributed by atoms with Crippen LogP contribution in [0, 0.1) is 17.3 Å². The zero-order valence-electron chi connectivity index (χ0n) is 8.17. The van der Waals surface area contributed by atoms with E-state index in [4.69, 9.17) is 16.7 Å². The molecule has 0 aromatic carbocycles. The van der Waals surface area contributed by atoms with Gasteiger partial charge in [-0.1, -0.05) is 25.5 Å². The predicted molar refractivity (Wildman–Crippen MR) is 52.9 cm³/mol. The molecule has 2 atom stereocenters. The van der Waals surface area contributed by atoms with Crippen LogP contribution in [-0.4, -0.2) is 17.0 Å².